The van der Waals surface area contributed by atoms with Crippen LogP contribution in [0.5, 0.6) is 11.5 Å². The number of hydrogen-bond donors (Lipinski definition) is 2. The van der Waals surface area contributed by atoms with Crippen LogP contribution in [0.3, 0.4) is 0 Å². The van der Waals surface area contributed by atoms with E-state index < -0.39 is 0 Å². The Morgan fingerprint density at radius 1 is 1.12 bits per heavy atom. The Morgan fingerprint density at radius 3 is 2.32 bits per heavy atom. The molecular weight excluding hydrogens is 318 g/mol. The minimum absolute atomic E-state index is 0.105. The van der Waals surface area contributed by atoms with Crippen molar-refractivity contribution in [3.8, 4) is 11.5 Å². The lowest BCUT2D eigenvalue weighted by atomic mass is 9.98. The van der Waals surface area contributed by atoms with Gasteiger partial charge in [0.05, 0.1) is 7.11 Å². The highest BCUT2D eigenvalue weighted by Gasteiger charge is 2.34. The van der Waals surface area contributed by atoms with E-state index >= 15 is 0 Å². The zero-order valence-corrected chi connectivity index (χ0v) is 15.3. The number of ether oxygens (including phenoxy) is 2. The molecule has 0 bridgehead atoms. The largest absolute Gasteiger partial charge is 0.497 e. The summed E-state index contributed by atoms with van der Waals surface area (Å²) in [5.41, 5.74) is 6.41. The minimum atomic E-state index is -0.105. The summed E-state index contributed by atoms with van der Waals surface area (Å²) in [7, 11) is 1.65. The summed E-state index contributed by atoms with van der Waals surface area (Å²) < 4.78 is 11.2. The monoisotopic (exact) mass is 347 g/mol. The molecule has 0 aromatic heterocycles. The number of hydrazine groups is 1. The predicted molar refractivity (Wildman–Crippen MR) is 96.5 cm³/mol. The third-order valence-corrected chi connectivity index (χ3v) is 5.15. The summed E-state index contributed by atoms with van der Waals surface area (Å²) in [5, 5.41) is 0. The van der Waals surface area contributed by atoms with Gasteiger partial charge in [-0.1, -0.05) is 13.8 Å². The van der Waals surface area contributed by atoms with Gasteiger partial charge in [0.25, 0.3) is 0 Å². The van der Waals surface area contributed by atoms with Gasteiger partial charge >= 0.3 is 0 Å². The molecule has 0 aliphatic carbocycles. The van der Waals surface area contributed by atoms with Crippen LogP contribution in [0.4, 0.5) is 0 Å². The Kier molecular flexibility index (Phi) is 5.81. The Balaban J connectivity index is 1.46. The van der Waals surface area contributed by atoms with Gasteiger partial charge in [0.1, 0.15) is 23.6 Å². The van der Waals surface area contributed by atoms with Crippen LogP contribution in [0.1, 0.15) is 33.1 Å². The summed E-state index contributed by atoms with van der Waals surface area (Å²) in [6.07, 6.45) is 2.76. The van der Waals surface area contributed by atoms with E-state index in [4.69, 9.17) is 9.47 Å². The van der Waals surface area contributed by atoms with E-state index in [1.165, 1.54) is 0 Å². The van der Waals surface area contributed by atoms with E-state index in [9.17, 15) is 4.79 Å². The van der Waals surface area contributed by atoms with Gasteiger partial charge in [-0.05, 0) is 36.6 Å². The number of nitrogens with one attached hydrogen (secondary N) is 2. The molecule has 138 valence electrons. The van der Waals surface area contributed by atoms with Gasteiger partial charge in [-0.25, -0.2) is 5.43 Å². The molecule has 2 aliphatic heterocycles. The van der Waals surface area contributed by atoms with Crippen LogP contribution in [-0.4, -0.2) is 49.2 Å². The number of piperidine rings is 1. The molecule has 1 aromatic rings. The molecule has 2 unspecified atom stereocenters. The highest BCUT2D eigenvalue weighted by molar-refractivity contribution is 5.82. The normalized spacial score (nSPS) is 24.6. The second-order valence-corrected chi connectivity index (χ2v) is 7.25. The lowest BCUT2D eigenvalue weighted by molar-refractivity contribution is -0.135. The Morgan fingerprint density at radius 2 is 1.76 bits per heavy atom. The van der Waals surface area contributed by atoms with Gasteiger partial charge in [-0.2, -0.15) is 0 Å². The Bertz CT molecular complexity index is 568. The molecule has 2 fully saturated rings. The average Bonchev–Trinajstić information content (AvgIpc) is 3.13. The van der Waals surface area contributed by atoms with E-state index in [0.29, 0.717) is 12.0 Å². The van der Waals surface area contributed by atoms with Gasteiger partial charge in [0.15, 0.2) is 0 Å². The molecule has 2 aliphatic rings. The van der Waals surface area contributed by atoms with Crippen molar-refractivity contribution in [1.82, 2.24) is 15.8 Å². The average molecular weight is 347 g/mol. The Hall–Kier alpha value is -1.79. The van der Waals surface area contributed by atoms with Gasteiger partial charge in [0, 0.05) is 32.0 Å². The zero-order chi connectivity index (χ0) is 17.8. The molecule has 6 heteroatoms. The maximum Gasteiger partial charge on any atom is 0.241 e. The fourth-order valence-corrected chi connectivity index (χ4v) is 3.44. The van der Waals surface area contributed by atoms with Crippen LogP contribution in [0.25, 0.3) is 0 Å². The van der Waals surface area contributed by atoms with E-state index in [-0.39, 0.29) is 18.1 Å². The van der Waals surface area contributed by atoms with Gasteiger partial charge in [-0.3, -0.25) is 10.2 Å². The van der Waals surface area contributed by atoms with Crippen LogP contribution in [0.15, 0.2) is 24.3 Å². The SMILES string of the molecule is COc1ccc(OC2CCN(C(=O)C3CC(C(C)C)NN3)CC2)cc1. The first-order chi connectivity index (χ1) is 12.1. The first-order valence-corrected chi connectivity index (χ1v) is 9.17. The first kappa shape index (κ1) is 18.0. The minimum Gasteiger partial charge on any atom is -0.497 e. The number of carbonyl (C=O) groups is 1. The standard InChI is InChI=1S/C19H29N3O3/c1-13(2)17-12-18(21-20-17)19(23)22-10-8-16(9-11-22)25-15-6-4-14(24-3)5-7-15/h4-7,13,16-18,20-21H,8-12H2,1-3H3. The second-order valence-electron chi connectivity index (χ2n) is 7.25. The van der Waals surface area contributed by atoms with Crippen molar-refractivity contribution in [2.45, 2.75) is 51.3 Å². The van der Waals surface area contributed by atoms with Gasteiger partial charge in [0.2, 0.25) is 5.91 Å². The fourth-order valence-electron chi connectivity index (χ4n) is 3.44. The summed E-state index contributed by atoms with van der Waals surface area (Å²) in [6.45, 7) is 5.86. The lowest BCUT2D eigenvalue weighted by Gasteiger charge is -2.33. The molecular formula is C19H29N3O3. The van der Waals surface area contributed by atoms with E-state index in [2.05, 4.69) is 24.7 Å². The van der Waals surface area contributed by atoms with Crippen molar-refractivity contribution in [3.63, 3.8) is 0 Å². The third-order valence-electron chi connectivity index (χ3n) is 5.15. The van der Waals surface area contributed by atoms with Gasteiger partial charge < -0.3 is 14.4 Å². The maximum atomic E-state index is 12.7. The number of amides is 1. The van der Waals surface area contributed by atoms with Crippen molar-refractivity contribution >= 4 is 5.91 Å². The number of likely N-dealkylation sites (tertiary alicyclic amines) is 1. The molecule has 0 saturated carbocycles. The molecule has 0 spiro atoms. The molecule has 1 amide bonds. The molecule has 25 heavy (non-hydrogen) atoms. The molecule has 6 nitrogen and oxygen atoms in total. The topological polar surface area (TPSA) is 62.8 Å². The van der Waals surface area contributed by atoms with E-state index in [0.717, 1.165) is 43.9 Å². The van der Waals surface area contributed by atoms with Crippen LogP contribution >= 0.6 is 0 Å². The summed E-state index contributed by atoms with van der Waals surface area (Å²) in [6, 6.07) is 7.92. The molecule has 2 heterocycles. The van der Waals surface area contributed by atoms with Crippen molar-refractivity contribution in [3.05, 3.63) is 24.3 Å². The fraction of sp³-hybridized carbons (Fsp3) is 0.632. The molecule has 2 N–H and O–H groups in total. The highest BCUT2D eigenvalue weighted by atomic mass is 16.5. The smallest absolute Gasteiger partial charge is 0.241 e. The quantitative estimate of drug-likeness (QED) is 0.852. The zero-order valence-electron chi connectivity index (χ0n) is 15.3. The third kappa shape index (κ3) is 4.44. The maximum absolute atomic E-state index is 12.7. The predicted octanol–water partition coefficient (Wildman–Crippen LogP) is 1.96. The number of hydrogen-bond acceptors (Lipinski definition) is 5. The summed E-state index contributed by atoms with van der Waals surface area (Å²) in [4.78, 5) is 14.6. The molecule has 3 rings (SSSR count). The summed E-state index contributed by atoms with van der Waals surface area (Å²) in [5.74, 6) is 2.41. The number of carbonyl (C=O) groups excluding carboxylic acids is 1. The van der Waals surface area contributed by atoms with Crippen LogP contribution in [0.2, 0.25) is 0 Å². The molecule has 0 radical (unpaired) electrons. The number of benzene rings is 1. The molecule has 1 aromatic carbocycles. The first-order valence-electron chi connectivity index (χ1n) is 9.17. The number of nitrogens with zero attached hydrogens (tertiary/aromatic N) is 1. The van der Waals surface area contributed by atoms with Crippen molar-refractivity contribution in [2.24, 2.45) is 5.92 Å². The van der Waals surface area contributed by atoms with Crippen LogP contribution in [-0.2, 0) is 4.79 Å². The number of rotatable bonds is 5. The van der Waals surface area contributed by atoms with E-state index in [1.807, 2.05) is 29.2 Å². The van der Waals surface area contributed by atoms with Crippen molar-refractivity contribution in [1.29, 1.82) is 0 Å². The van der Waals surface area contributed by atoms with Gasteiger partial charge in [-0.15, -0.1) is 0 Å². The van der Waals surface area contributed by atoms with Crippen molar-refractivity contribution in [2.75, 3.05) is 20.2 Å². The highest BCUT2D eigenvalue weighted by Crippen LogP contribution is 2.23. The van der Waals surface area contributed by atoms with Crippen LogP contribution < -0.4 is 20.3 Å². The lowest BCUT2D eigenvalue weighted by Crippen LogP contribution is -2.49. The number of methoxy groups -OCH3 is 1. The Labute approximate surface area is 149 Å². The molecule has 2 atom stereocenters. The van der Waals surface area contributed by atoms with Crippen molar-refractivity contribution < 1.29 is 14.3 Å². The second kappa shape index (κ2) is 8.06. The molecule has 2 saturated heterocycles. The van der Waals surface area contributed by atoms with E-state index in [1.54, 1.807) is 7.11 Å². The summed E-state index contributed by atoms with van der Waals surface area (Å²) >= 11 is 0. The van der Waals surface area contributed by atoms with Crippen LogP contribution in [0, 0.1) is 5.92 Å².